The number of aryl methyl sites for hydroxylation is 1. The lowest BCUT2D eigenvalue weighted by molar-refractivity contribution is 0.414. The third kappa shape index (κ3) is 3.20. The van der Waals surface area contributed by atoms with Gasteiger partial charge in [-0.05, 0) is 30.7 Å². The standard InChI is InChI=1S/C15H17NOS/c1-11-4-3-5-12(8-11)10-18-15-9-13(17-2)6-7-14(15)16/h3-9H,10,16H2,1-2H3. The zero-order valence-electron chi connectivity index (χ0n) is 10.6. The number of thioether (sulfide) groups is 1. The van der Waals surface area contributed by atoms with Crippen molar-refractivity contribution < 1.29 is 4.74 Å². The van der Waals surface area contributed by atoms with Crippen LogP contribution in [0.2, 0.25) is 0 Å². The minimum absolute atomic E-state index is 0.799. The van der Waals surface area contributed by atoms with Gasteiger partial charge >= 0.3 is 0 Å². The number of nitrogens with two attached hydrogens (primary N) is 1. The first kappa shape index (κ1) is 12.8. The van der Waals surface area contributed by atoms with Crippen LogP contribution in [0.15, 0.2) is 47.4 Å². The Balaban J connectivity index is 2.10. The van der Waals surface area contributed by atoms with E-state index in [2.05, 4.69) is 31.2 Å². The van der Waals surface area contributed by atoms with Crippen molar-refractivity contribution in [2.75, 3.05) is 12.8 Å². The molecule has 0 saturated carbocycles. The van der Waals surface area contributed by atoms with Crippen molar-refractivity contribution in [3.05, 3.63) is 53.6 Å². The molecular weight excluding hydrogens is 242 g/mol. The van der Waals surface area contributed by atoms with E-state index in [0.29, 0.717) is 0 Å². The molecule has 2 nitrogen and oxygen atoms in total. The van der Waals surface area contributed by atoms with Crippen LogP contribution in [0.4, 0.5) is 5.69 Å². The minimum atomic E-state index is 0.799. The van der Waals surface area contributed by atoms with Gasteiger partial charge in [-0.2, -0.15) is 0 Å². The fraction of sp³-hybridized carbons (Fsp3) is 0.200. The quantitative estimate of drug-likeness (QED) is 0.668. The monoisotopic (exact) mass is 259 g/mol. The van der Waals surface area contributed by atoms with Gasteiger partial charge in [-0.3, -0.25) is 0 Å². The lowest BCUT2D eigenvalue weighted by Crippen LogP contribution is -1.91. The largest absolute Gasteiger partial charge is 0.497 e. The zero-order chi connectivity index (χ0) is 13.0. The average molecular weight is 259 g/mol. The van der Waals surface area contributed by atoms with Crippen LogP contribution >= 0.6 is 11.8 Å². The normalized spacial score (nSPS) is 10.3. The summed E-state index contributed by atoms with van der Waals surface area (Å²) in [6.45, 7) is 2.11. The van der Waals surface area contributed by atoms with Crippen molar-refractivity contribution in [3.63, 3.8) is 0 Å². The molecule has 3 heteroatoms. The van der Waals surface area contributed by atoms with Crippen LogP contribution in [-0.4, -0.2) is 7.11 Å². The second kappa shape index (κ2) is 5.83. The van der Waals surface area contributed by atoms with E-state index in [4.69, 9.17) is 10.5 Å². The number of benzene rings is 2. The van der Waals surface area contributed by atoms with E-state index in [-0.39, 0.29) is 0 Å². The van der Waals surface area contributed by atoms with Crippen molar-refractivity contribution in [2.24, 2.45) is 0 Å². The molecule has 2 rings (SSSR count). The van der Waals surface area contributed by atoms with Crippen LogP contribution in [0, 0.1) is 6.92 Å². The molecule has 2 N–H and O–H groups in total. The van der Waals surface area contributed by atoms with Crippen LogP contribution in [0.3, 0.4) is 0 Å². The summed E-state index contributed by atoms with van der Waals surface area (Å²) in [5.74, 6) is 1.76. The second-order valence-electron chi connectivity index (χ2n) is 4.18. The number of hydrogen-bond donors (Lipinski definition) is 1. The van der Waals surface area contributed by atoms with Crippen molar-refractivity contribution in [3.8, 4) is 5.75 Å². The summed E-state index contributed by atoms with van der Waals surface area (Å²) in [7, 11) is 1.67. The molecule has 0 spiro atoms. The van der Waals surface area contributed by atoms with E-state index in [9.17, 15) is 0 Å². The summed E-state index contributed by atoms with van der Waals surface area (Å²) in [5, 5.41) is 0. The molecular formula is C15H17NOS. The highest BCUT2D eigenvalue weighted by Gasteiger charge is 2.03. The first-order valence-corrected chi connectivity index (χ1v) is 6.79. The van der Waals surface area contributed by atoms with Gasteiger partial charge in [0.05, 0.1) is 7.11 Å². The Morgan fingerprint density at radius 3 is 2.72 bits per heavy atom. The molecule has 0 aliphatic heterocycles. The van der Waals surface area contributed by atoms with Gasteiger partial charge in [-0.1, -0.05) is 29.8 Å². The van der Waals surface area contributed by atoms with Crippen molar-refractivity contribution in [1.82, 2.24) is 0 Å². The van der Waals surface area contributed by atoms with Crippen LogP contribution < -0.4 is 10.5 Å². The maximum atomic E-state index is 5.96. The summed E-state index contributed by atoms with van der Waals surface area (Å²) in [6, 6.07) is 14.3. The van der Waals surface area contributed by atoms with E-state index in [1.54, 1.807) is 18.9 Å². The Labute approximate surface area is 112 Å². The van der Waals surface area contributed by atoms with Crippen LogP contribution in [0.25, 0.3) is 0 Å². The maximum Gasteiger partial charge on any atom is 0.120 e. The van der Waals surface area contributed by atoms with E-state index >= 15 is 0 Å². The Morgan fingerprint density at radius 1 is 1.17 bits per heavy atom. The molecule has 0 amide bonds. The van der Waals surface area contributed by atoms with E-state index in [1.807, 2.05) is 18.2 Å². The molecule has 18 heavy (non-hydrogen) atoms. The molecule has 0 aromatic heterocycles. The summed E-state index contributed by atoms with van der Waals surface area (Å²) in [5.41, 5.74) is 9.35. The summed E-state index contributed by atoms with van der Waals surface area (Å²) < 4.78 is 5.21. The average Bonchev–Trinajstić information content (AvgIpc) is 2.38. The van der Waals surface area contributed by atoms with E-state index < -0.39 is 0 Å². The van der Waals surface area contributed by atoms with E-state index in [1.165, 1.54) is 11.1 Å². The Kier molecular flexibility index (Phi) is 4.15. The van der Waals surface area contributed by atoms with Crippen LogP contribution in [0.5, 0.6) is 5.75 Å². The Bertz CT molecular complexity index is 540. The molecule has 0 bridgehead atoms. The highest BCUT2D eigenvalue weighted by Crippen LogP contribution is 2.31. The number of ether oxygens (including phenoxy) is 1. The van der Waals surface area contributed by atoms with Gasteiger partial charge in [0.25, 0.3) is 0 Å². The SMILES string of the molecule is COc1ccc(N)c(SCc2cccc(C)c2)c1. The van der Waals surface area contributed by atoms with Gasteiger partial charge < -0.3 is 10.5 Å². The topological polar surface area (TPSA) is 35.2 Å². The highest BCUT2D eigenvalue weighted by atomic mass is 32.2. The van der Waals surface area contributed by atoms with Gasteiger partial charge in [-0.15, -0.1) is 11.8 Å². The number of rotatable bonds is 4. The maximum absolute atomic E-state index is 5.96. The van der Waals surface area contributed by atoms with Gasteiger partial charge in [0.1, 0.15) is 5.75 Å². The molecule has 0 radical (unpaired) electrons. The first-order chi connectivity index (χ1) is 8.69. The molecule has 0 aliphatic carbocycles. The molecule has 0 fully saturated rings. The van der Waals surface area contributed by atoms with Gasteiger partial charge in [0.15, 0.2) is 0 Å². The summed E-state index contributed by atoms with van der Waals surface area (Å²) >= 11 is 1.73. The smallest absolute Gasteiger partial charge is 0.120 e. The molecule has 0 unspecified atom stereocenters. The zero-order valence-corrected chi connectivity index (χ0v) is 11.5. The highest BCUT2D eigenvalue weighted by molar-refractivity contribution is 7.98. The lowest BCUT2D eigenvalue weighted by Gasteiger charge is -2.08. The third-order valence-electron chi connectivity index (χ3n) is 2.70. The molecule has 0 heterocycles. The molecule has 0 aliphatic rings. The Hall–Kier alpha value is -1.61. The lowest BCUT2D eigenvalue weighted by atomic mass is 10.2. The summed E-state index contributed by atoms with van der Waals surface area (Å²) in [6.07, 6.45) is 0. The van der Waals surface area contributed by atoms with E-state index in [0.717, 1.165) is 22.1 Å². The number of methoxy groups -OCH3 is 1. The molecule has 0 saturated heterocycles. The van der Waals surface area contributed by atoms with Crippen LogP contribution in [-0.2, 0) is 5.75 Å². The van der Waals surface area contributed by atoms with Gasteiger partial charge in [-0.25, -0.2) is 0 Å². The van der Waals surface area contributed by atoms with Gasteiger partial charge in [0, 0.05) is 16.3 Å². The Morgan fingerprint density at radius 2 is 2.00 bits per heavy atom. The molecule has 0 atom stereocenters. The van der Waals surface area contributed by atoms with Crippen molar-refractivity contribution >= 4 is 17.4 Å². The predicted octanol–water partition coefficient (Wildman–Crippen LogP) is 3.88. The van der Waals surface area contributed by atoms with Gasteiger partial charge in [0.2, 0.25) is 0 Å². The van der Waals surface area contributed by atoms with Crippen LogP contribution in [0.1, 0.15) is 11.1 Å². The third-order valence-corrected chi connectivity index (χ3v) is 3.84. The number of hydrogen-bond acceptors (Lipinski definition) is 3. The second-order valence-corrected chi connectivity index (χ2v) is 5.20. The van der Waals surface area contributed by atoms with Crippen molar-refractivity contribution in [2.45, 2.75) is 17.6 Å². The van der Waals surface area contributed by atoms with Crippen molar-refractivity contribution in [1.29, 1.82) is 0 Å². The minimum Gasteiger partial charge on any atom is -0.497 e. The molecule has 94 valence electrons. The number of anilines is 1. The molecule has 2 aromatic carbocycles. The number of nitrogen functional groups attached to an aromatic ring is 1. The summed E-state index contributed by atoms with van der Waals surface area (Å²) in [4.78, 5) is 1.07. The first-order valence-electron chi connectivity index (χ1n) is 5.81. The fourth-order valence-electron chi connectivity index (χ4n) is 1.73. The molecule has 2 aromatic rings. The predicted molar refractivity (Wildman–Crippen MR) is 78.1 cm³/mol. The fourth-order valence-corrected chi connectivity index (χ4v) is 2.67.